The van der Waals surface area contributed by atoms with Crippen LogP contribution in [0, 0.1) is 5.92 Å². The Morgan fingerprint density at radius 1 is 1.10 bits per heavy atom. The molecule has 0 radical (unpaired) electrons. The number of amides is 2. The highest BCUT2D eigenvalue weighted by atomic mass is 16.5. The molecular formula is C21H25N5O3. The predicted molar refractivity (Wildman–Crippen MR) is 110 cm³/mol. The van der Waals surface area contributed by atoms with Crippen molar-refractivity contribution in [3.05, 3.63) is 60.0 Å². The van der Waals surface area contributed by atoms with Gasteiger partial charge in [0.1, 0.15) is 11.9 Å². The van der Waals surface area contributed by atoms with E-state index in [1.807, 2.05) is 66.9 Å². The van der Waals surface area contributed by atoms with Gasteiger partial charge in [-0.15, -0.1) is 10.2 Å². The van der Waals surface area contributed by atoms with Gasteiger partial charge in [0.15, 0.2) is 5.65 Å². The molecule has 2 aromatic heterocycles. The summed E-state index contributed by atoms with van der Waals surface area (Å²) in [6.45, 7) is 3.98. The lowest BCUT2D eigenvalue weighted by atomic mass is 10.0. The van der Waals surface area contributed by atoms with Gasteiger partial charge in [-0.1, -0.05) is 32.0 Å². The van der Waals surface area contributed by atoms with E-state index in [9.17, 15) is 9.59 Å². The number of hydrogen-bond donors (Lipinski definition) is 2. The van der Waals surface area contributed by atoms with E-state index in [-0.39, 0.29) is 11.8 Å². The number of carbonyl (C=O) groups excluding carboxylic acids is 2. The van der Waals surface area contributed by atoms with Crippen LogP contribution in [0.1, 0.15) is 31.7 Å². The average molecular weight is 395 g/mol. The standard InChI is InChI=1S/C21H25N5O3/c1-14(2)12-17(23-21(28)29-3)20(27)22-16-9-7-15(8-10-16)13-19-25-24-18-6-4-5-11-26(18)19/h4-11,14,17H,12-13H2,1-3H3,(H,22,27)(H,23,28). The highest BCUT2D eigenvalue weighted by Gasteiger charge is 2.22. The number of carbonyl (C=O) groups is 2. The lowest BCUT2D eigenvalue weighted by molar-refractivity contribution is -0.118. The minimum absolute atomic E-state index is 0.239. The zero-order chi connectivity index (χ0) is 20.8. The number of benzene rings is 1. The number of fused-ring (bicyclic) bond motifs is 1. The van der Waals surface area contributed by atoms with Crippen molar-refractivity contribution < 1.29 is 14.3 Å². The third-order valence-electron chi connectivity index (χ3n) is 4.47. The van der Waals surface area contributed by atoms with Gasteiger partial charge in [-0.25, -0.2) is 4.79 Å². The van der Waals surface area contributed by atoms with Gasteiger partial charge in [0.05, 0.1) is 7.11 Å². The predicted octanol–water partition coefficient (Wildman–Crippen LogP) is 3.03. The number of pyridine rings is 1. The van der Waals surface area contributed by atoms with E-state index in [0.29, 0.717) is 18.5 Å². The molecule has 1 aromatic carbocycles. The van der Waals surface area contributed by atoms with Crippen molar-refractivity contribution in [1.82, 2.24) is 19.9 Å². The molecule has 3 aromatic rings. The Bertz CT molecular complexity index is 981. The summed E-state index contributed by atoms with van der Waals surface area (Å²) in [6, 6.07) is 12.6. The normalized spacial score (nSPS) is 12.0. The van der Waals surface area contributed by atoms with Crippen molar-refractivity contribution in [2.75, 3.05) is 12.4 Å². The molecule has 29 heavy (non-hydrogen) atoms. The van der Waals surface area contributed by atoms with Crippen molar-refractivity contribution in [2.45, 2.75) is 32.7 Å². The molecule has 0 saturated heterocycles. The fourth-order valence-electron chi connectivity index (χ4n) is 3.03. The molecule has 2 heterocycles. The molecule has 8 nitrogen and oxygen atoms in total. The van der Waals surface area contributed by atoms with Crippen molar-refractivity contribution in [2.24, 2.45) is 5.92 Å². The molecule has 0 saturated carbocycles. The first-order valence-corrected chi connectivity index (χ1v) is 9.49. The molecule has 152 valence electrons. The van der Waals surface area contributed by atoms with Gasteiger partial charge < -0.3 is 15.4 Å². The molecule has 8 heteroatoms. The third-order valence-corrected chi connectivity index (χ3v) is 4.47. The number of alkyl carbamates (subject to hydrolysis) is 1. The van der Waals surface area contributed by atoms with Gasteiger partial charge in [-0.3, -0.25) is 9.20 Å². The summed E-state index contributed by atoms with van der Waals surface area (Å²) in [5.41, 5.74) is 2.51. The molecule has 0 bridgehead atoms. The Morgan fingerprint density at radius 3 is 2.55 bits per heavy atom. The summed E-state index contributed by atoms with van der Waals surface area (Å²) >= 11 is 0. The summed E-state index contributed by atoms with van der Waals surface area (Å²) in [5, 5.41) is 13.8. The first-order valence-electron chi connectivity index (χ1n) is 9.49. The number of hydrogen-bond acceptors (Lipinski definition) is 5. The molecule has 0 aliphatic carbocycles. The van der Waals surface area contributed by atoms with Gasteiger partial charge >= 0.3 is 6.09 Å². The van der Waals surface area contributed by atoms with E-state index in [0.717, 1.165) is 17.0 Å². The maximum Gasteiger partial charge on any atom is 0.407 e. The Hall–Kier alpha value is -3.42. The van der Waals surface area contributed by atoms with Crippen LogP contribution in [0.4, 0.5) is 10.5 Å². The highest BCUT2D eigenvalue weighted by Crippen LogP contribution is 2.15. The fourth-order valence-corrected chi connectivity index (χ4v) is 3.03. The molecule has 1 unspecified atom stereocenters. The topological polar surface area (TPSA) is 97.6 Å². The SMILES string of the molecule is COC(=O)NC(CC(C)C)C(=O)Nc1ccc(Cc2nnc3ccccn23)cc1. The zero-order valence-corrected chi connectivity index (χ0v) is 16.8. The largest absolute Gasteiger partial charge is 0.453 e. The van der Waals surface area contributed by atoms with Gasteiger partial charge in [0, 0.05) is 18.3 Å². The summed E-state index contributed by atoms with van der Waals surface area (Å²) < 4.78 is 6.56. The van der Waals surface area contributed by atoms with Gasteiger partial charge in [0.25, 0.3) is 0 Å². The van der Waals surface area contributed by atoms with Crippen LogP contribution in [0.3, 0.4) is 0 Å². The monoisotopic (exact) mass is 395 g/mol. The Labute approximate surface area is 169 Å². The number of ether oxygens (including phenoxy) is 1. The van der Waals surface area contributed by atoms with Crippen LogP contribution >= 0.6 is 0 Å². The summed E-state index contributed by atoms with van der Waals surface area (Å²) in [6.07, 6.45) is 2.45. The number of nitrogens with one attached hydrogen (secondary N) is 2. The maximum absolute atomic E-state index is 12.6. The van der Waals surface area contributed by atoms with Crippen LogP contribution in [0.5, 0.6) is 0 Å². The Balaban J connectivity index is 1.65. The second-order valence-electron chi connectivity index (χ2n) is 7.23. The molecule has 3 rings (SSSR count). The van der Waals surface area contributed by atoms with Crippen molar-refractivity contribution in [3.8, 4) is 0 Å². The molecule has 0 fully saturated rings. The zero-order valence-electron chi connectivity index (χ0n) is 16.8. The van der Waals surface area contributed by atoms with Crippen LogP contribution in [-0.2, 0) is 16.0 Å². The fraction of sp³-hybridized carbons (Fsp3) is 0.333. The summed E-state index contributed by atoms with van der Waals surface area (Å²) in [4.78, 5) is 24.1. The van der Waals surface area contributed by atoms with E-state index in [4.69, 9.17) is 0 Å². The highest BCUT2D eigenvalue weighted by molar-refractivity contribution is 5.96. The number of methoxy groups -OCH3 is 1. The first kappa shape index (κ1) is 20.3. The van der Waals surface area contributed by atoms with Crippen molar-refractivity contribution in [3.63, 3.8) is 0 Å². The quantitative estimate of drug-likeness (QED) is 0.641. The van der Waals surface area contributed by atoms with E-state index in [1.54, 1.807) is 0 Å². The van der Waals surface area contributed by atoms with E-state index < -0.39 is 12.1 Å². The number of anilines is 1. The molecule has 0 spiro atoms. The van der Waals surface area contributed by atoms with Crippen LogP contribution < -0.4 is 10.6 Å². The minimum Gasteiger partial charge on any atom is -0.453 e. The molecular weight excluding hydrogens is 370 g/mol. The number of nitrogens with zero attached hydrogens (tertiary/aromatic N) is 3. The van der Waals surface area contributed by atoms with Crippen molar-refractivity contribution in [1.29, 1.82) is 0 Å². The molecule has 2 amide bonds. The van der Waals surface area contributed by atoms with E-state index in [2.05, 4.69) is 25.6 Å². The van der Waals surface area contributed by atoms with Gasteiger partial charge in [-0.2, -0.15) is 0 Å². The second-order valence-corrected chi connectivity index (χ2v) is 7.23. The van der Waals surface area contributed by atoms with Crippen molar-refractivity contribution >= 4 is 23.3 Å². The Kier molecular flexibility index (Phi) is 6.43. The average Bonchev–Trinajstić information content (AvgIpc) is 3.11. The van der Waals surface area contributed by atoms with E-state index in [1.165, 1.54) is 7.11 Å². The first-order chi connectivity index (χ1) is 14.0. The molecule has 0 aliphatic heterocycles. The molecule has 0 aliphatic rings. The van der Waals surface area contributed by atoms with Gasteiger partial charge in [-0.05, 0) is 42.2 Å². The van der Waals surface area contributed by atoms with E-state index >= 15 is 0 Å². The number of rotatable bonds is 7. The Morgan fingerprint density at radius 2 is 1.86 bits per heavy atom. The summed E-state index contributed by atoms with van der Waals surface area (Å²) in [5.74, 6) is 0.806. The second kappa shape index (κ2) is 9.18. The van der Waals surface area contributed by atoms with Crippen LogP contribution in [0.2, 0.25) is 0 Å². The minimum atomic E-state index is -0.663. The lowest BCUT2D eigenvalue weighted by Crippen LogP contribution is -2.44. The van der Waals surface area contributed by atoms with Crippen LogP contribution in [-0.4, -0.2) is 39.8 Å². The lowest BCUT2D eigenvalue weighted by Gasteiger charge is -2.19. The molecule has 2 N–H and O–H groups in total. The number of aromatic nitrogens is 3. The molecule has 1 atom stereocenters. The summed E-state index contributed by atoms with van der Waals surface area (Å²) in [7, 11) is 1.27. The van der Waals surface area contributed by atoms with Crippen LogP contribution in [0.25, 0.3) is 5.65 Å². The smallest absolute Gasteiger partial charge is 0.407 e. The third kappa shape index (κ3) is 5.31. The van der Waals surface area contributed by atoms with Crippen LogP contribution in [0.15, 0.2) is 48.7 Å². The van der Waals surface area contributed by atoms with Gasteiger partial charge in [0.2, 0.25) is 5.91 Å². The maximum atomic E-state index is 12.6.